The minimum Gasteiger partial charge on any atom is -0.453 e. The lowest BCUT2D eigenvalue weighted by molar-refractivity contribution is 0.467. The Morgan fingerprint density at radius 1 is 1.60 bits per heavy atom. The molecule has 0 bridgehead atoms. The van der Waals surface area contributed by atoms with Gasteiger partial charge in [0.1, 0.15) is 0 Å². The van der Waals surface area contributed by atoms with Gasteiger partial charge in [-0.05, 0) is 43.0 Å². The van der Waals surface area contributed by atoms with Crippen molar-refractivity contribution < 1.29 is 4.42 Å². The fourth-order valence-corrected chi connectivity index (χ4v) is 2.13. The van der Waals surface area contributed by atoms with E-state index in [2.05, 4.69) is 12.2 Å². The maximum Gasteiger partial charge on any atom is 0.197 e. The molecule has 0 spiro atoms. The van der Waals surface area contributed by atoms with E-state index in [0.717, 1.165) is 24.4 Å². The zero-order chi connectivity index (χ0) is 10.7. The number of hydrogen-bond acceptors (Lipinski definition) is 2. The molecule has 1 aliphatic rings. The fourth-order valence-electron chi connectivity index (χ4n) is 1.88. The average Bonchev–Trinajstić information content (AvgIpc) is 2.95. The smallest absolute Gasteiger partial charge is 0.197 e. The lowest BCUT2D eigenvalue weighted by Crippen LogP contribution is -2.22. The Morgan fingerprint density at radius 2 is 2.40 bits per heavy atom. The molecule has 0 aliphatic heterocycles. The summed E-state index contributed by atoms with van der Waals surface area (Å²) in [7, 11) is 0. The third-order valence-electron chi connectivity index (χ3n) is 2.93. The van der Waals surface area contributed by atoms with Gasteiger partial charge in [0.05, 0.1) is 6.26 Å². The predicted octanol–water partition coefficient (Wildman–Crippen LogP) is 3.77. The Balaban J connectivity index is 1.99. The van der Waals surface area contributed by atoms with Gasteiger partial charge < -0.3 is 9.73 Å². The van der Waals surface area contributed by atoms with Crippen molar-refractivity contribution in [2.24, 2.45) is 5.92 Å². The molecule has 1 atom stereocenters. The van der Waals surface area contributed by atoms with Gasteiger partial charge >= 0.3 is 0 Å². The molecule has 3 heteroatoms. The van der Waals surface area contributed by atoms with Crippen molar-refractivity contribution in [2.45, 2.75) is 38.6 Å². The fraction of sp³-hybridized carbons (Fsp3) is 0.667. The molecule has 1 heterocycles. The Kier molecular flexibility index (Phi) is 3.71. The summed E-state index contributed by atoms with van der Waals surface area (Å²) in [6, 6.07) is 2.36. The van der Waals surface area contributed by atoms with Gasteiger partial charge in [0.25, 0.3) is 0 Å². The summed E-state index contributed by atoms with van der Waals surface area (Å²) in [5, 5.41) is 4.09. The van der Waals surface area contributed by atoms with Gasteiger partial charge in [-0.1, -0.05) is 19.8 Å². The second kappa shape index (κ2) is 5.04. The summed E-state index contributed by atoms with van der Waals surface area (Å²) >= 11 is 6.01. The summed E-state index contributed by atoms with van der Waals surface area (Å²) in [5.41, 5.74) is 1.12. The molecular formula is C12H18ClNO. The maximum atomic E-state index is 6.01. The van der Waals surface area contributed by atoms with E-state index in [4.69, 9.17) is 16.0 Å². The maximum absolute atomic E-state index is 6.01. The minimum atomic E-state index is 0.378. The van der Waals surface area contributed by atoms with Crippen LogP contribution in [0.1, 0.15) is 44.2 Å². The summed E-state index contributed by atoms with van der Waals surface area (Å²) in [5.74, 6) is 0.894. The molecule has 1 saturated carbocycles. The molecule has 1 aliphatic carbocycles. The summed E-state index contributed by atoms with van der Waals surface area (Å²) in [6.07, 6.45) is 6.76. The zero-order valence-corrected chi connectivity index (χ0v) is 9.89. The molecule has 1 aromatic rings. The average molecular weight is 228 g/mol. The lowest BCUT2D eigenvalue weighted by atomic mass is 10.0. The van der Waals surface area contributed by atoms with E-state index in [9.17, 15) is 0 Å². The largest absolute Gasteiger partial charge is 0.453 e. The van der Waals surface area contributed by atoms with E-state index in [-0.39, 0.29) is 0 Å². The molecule has 1 unspecified atom stereocenters. The van der Waals surface area contributed by atoms with Crippen LogP contribution < -0.4 is 5.32 Å². The third-order valence-corrected chi connectivity index (χ3v) is 3.24. The van der Waals surface area contributed by atoms with E-state index < -0.39 is 0 Å². The molecule has 15 heavy (non-hydrogen) atoms. The highest BCUT2D eigenvalue weighted by Gasteiger charge is 2.27. The zero-order valence-electron chi connectivity index (χ0n) is 9.13. The van der Waals surface area contributed by atoms with Crippen LogP contribution in [0.5, 0.6) is 0 Å². The SMILES string of the molecule is CCCNC(CC1CC1)c1ccoc1Cl. The van der Waals surface area contributed by atoms with Crippen LogP contribution in [0.15, 0.2) is 16.7 Å². The highest BCUT2D eigenvalue weighted by atomic mass is 35.5. The first-order valence-corrected chi connectivity index (χ1v) is 6.15. The van der Waals surface area contributed by atoms with Crippen LogP contribution in [-0.4, -0.2) is 6.54 Å². The van der Waals surface area contributed by atoms with Gasteiger partial charge in [-0.2, -0.15) is 0 Å². The Bertz CT molecular complexity index is 306. The van der Waals surface area contributed by atoms with Crippen molar-refractivity contribution >= 4 is 11.6 Å². The molecule has 1 fully saturated rings. The van der Waals surface area contributed by atoms with Gasteiger partial charge in [0, 0.05) is 11.6 Å². The molecular weight excluding hydrogens is 210 g/mol. The molecule has 0 radical (unpaired) electrons. The Labute approximate surface area is 96.0 Å². The summed E-state index contributed by atoms with van der Waals surface area (Å²) < 4.78 is 5.15. The van der Waals surface area contributed by atoms with Gasteiger partial charge in [-0.3, -0.25) is 0 Å². The van der Waals surface area contributed by atoms with Crippen LogP contribution in [0.2, 0.25) is 5.22 Å². The number of nitrogens with one attached hydrogen (secondary N) is 1. The first kappa shape index (κ1) is 11.0. The second-order valence-corrected chi connectivity index (χ2v) is 4.68. The van der Waals surface area contributed by atoms with E-state index in [1.54, 1.807) is 6.26 Å². The van der Waals surface area contributed by atoms with Crippen LogP contribution in [0.3, 0.4) is 0 Å². The Hall–Kier alpha value is -0.470. The molecule has 2 nitrogen and oxygen atoms in total. The standard InChI is InChI=1S/C12H18ClNO/c1-2-6-14-11(8-9-3-4-9)10-5-7-15-12(10)13/h5,7,9,11,14H,2-4,6,8H2,1H3. The molecule has 0 aromatic carbocycles. The number of hydrogen-bond donors (Lipinski definition) is 1. The van der Waals surface area contributed by atoms with Gasteiger partial charge in [0.2, 0.25) is 0 Å². The van der Waals surface area contributed by atoms with Crippen molar-refractivity contribution in [1.29, 1.82) is 0 Å². The number of rotatable bonds is 6. The molecule has 2 rings (SSSR count). The summed E-state index contributed by atoms with van der Waals surface area (Å²) in [6.45, 7) is 3.22. The monoisotopic (exact) mass is 227 g/mol. The van der Waals surface area contributed by atoms with E-state index >= 15 is 0 Å². The van der Waals surface area contributed by atoms with Crippen molar-refractivity contribution in [2.75, 3.05) is 6.54 Å². The van der Waals surface area contributed by atoms with Gasteiger partial charge in [-0.15, -0.1) is 0 Å². The van der Waals surface area contributed by atoms with Crippen molar-refractivity contribution in [3.8, 4) is 0 Å². The number of furan rings is 1. The van der Waals surface area contributed by atoms with Crippen molar-refractivity contribution in [1.82, 2.24) is 5.32 Å². The van der Waals surface area contributed by atoms with E-state index in [1.807, 2.05) is 6.07 Å². The second-order valence-electron chi connectivity index (χ2n) is 4.34. The quantitative estimate of drug-likeness (QED) is 0.800. The molecule has 1 aromatic heterocycles. The van der Waals surface area contributed by atoms with Crippen molar-refractivity contribution in [3.05, 3.63) is 23.1 Å². The highest BCUT2D eigenvalue weighted by Crippen LogP contribution is 2.39. The number of halogens is 1. The molecule has 0 amide bonds. The first-order chi connectivity index (χ1) is 7.31. The predicted molar refractivity (Wildman–Crippen MR) is 62.1 cm³/mol. The Morgan fingerprint density at radius 3 is 2.93 bits per heavy atom. The van der Waals surface area contributed by atoms with Gasteiger partial charge in [-0.25, -0.2) is 0 Å². The molecule has 0 saturated heterocycles. The lowest BCUT2D eigenvalue weighted by Gasteiger charge is -2.17. The van der Waals surface area contributed by atoms with Crippen LogP contribution >= 0.6 is 11.6 Å². The van der Waals surface area contributed by atoms with E-state index in [0.29, 0.717) is 11.3 Å². The topological polar surface area (TPSA) is 25.2 Å². The van der Waals surface area contributed by atoms with Crippen molar-refractivity contribution in [3.63, 3.8) is 0 Å². The van der Waals surface area contributed by atoms with Crippen LogP contribution in [0.25, 0.3) is 0 Å². The molecule has 1 N–H and O–H groups in total. The van der Waals surface area contributed by atoms with Gasteiger partial charge in [0.15, 0.2) is 5.22 Å². The highest BCUT2D eigenvalue weighted by molar-refractivity contribution is 6.29. The van der Waals surface area contributed by atoms with E-state index in [1.165, 1.54) is 19.3 Å². The van der Waals surface area contributed by atoms with Crippen LogP contribution in [0, 0.1) is 5.92 Å². The normalized spacial score (nSPS) is 18.0. The minimum absolute atomic E-state index is 0.378. The summed E-state index contributed by atoms with van der Waals surface area (Å²) in [4.78, 5) is 0. The third kappa shape index (κ3) is 2.99. The first-order valence-electron chi connectivity index (χ1n) is 5.77. The van der Waals surface area contributed by atoms with Crippen LogP contribution in [0.4, 0.5) is 0 Å². The molecule has 84 valence electrons. The van der Waals surface area contributed by atoms with Crippen LogP contribution in [-0.2, 0) is 0 Å².